The van der Waals surface area contributed by atoms with E-state index in [1.807, 2.05) is 0 Å². The van der Waals surface area contributed by atoms with Gasteiger partial charge in [0.05, 0.1) is 17.0 Å². The lowest BCUT2D eigenvalue weighted by Gasteiger charge is -1.98. The first-order chi connectivity index (χ1) is 7.08. The fourth-order valence-corrected chi connectivity index (χ4v) is 1.81. The normalized spacial score (nSPS) is 10.7. The highest BCUT2D eigenvalue weighted by molar-refractivity contribution is 6.35. The highest BCUT2D eigenvalue weighted by atomic mass is 35.5. The quantitative estimate of drug-likeness (QED) is 0.733. The molecule has 0 saturated carbocycles. The Morgan fingerprint density at radius 3 is 2.87 bits per heavy atom. The zero-order valence-corrected chi connectivity index (χ0v) is 8.38. The molecule has 3 N–H and O–H groups in total. The highest BCUT2D eigenvalue weighted by Gasteiger charge is 2.10. The second kappa shape index (κ2) is 3.47. The molecule has 5 heteroatoms. The fraction of sp³-hybridized carbons (Fsp3) is 0.100. The summed E-state index contributed by atoms with van der Waals surface area (Å²) in [6.07, 6.45) is 1.49. The van der Waals surface area contributed by atoms with E-state index in [1.54, 1.807) is 6.20 Å². The molecule has 0 amide bonds. The van der Waals surface area contributed by atoms with Gasteiger partial charge in [-0.1, -0.05) is 11.6 Å². The van der Waals surface area contributed by atoms with Gasteiger partial charge in [-0.05, 0) is 11.6 Å². The van der Waals surface area contributed by atoms with Crippen LogP contribution in [0.2, 0.25) is 5.02 Å². The molecule has 0 aliphatic carbocycles. The van der Waals surface area contributed by atoms with Crippen LogP contribution in [0.3, 0.4) is 0 Å². The van der Waals surface area contributed by atoms with Crippen LogP contribution in [-0.4, -0.2) is 21.2 Å². The summed E-state index contributed by atoms with van der Waals surface area (Å²) in [5.41, 5.74) is 1.25. The minimum atomic E-state index is -0.921. The van der Waals surface area contributed by atoms with Crippen LogP contribution in [0.1, 0.15) is 5.56 Å². The zero-order chi connectivity index (χ0) is 11.0. The second-order valence-electron chi connectivity index (χ2n) is 3.23. The van der Waals surface area contributed by atoms with Crippen LogP contribution in [0.25, 0.3) is 10.9 Å². The Balaban J connectivity index is 2.63. The van der Waals surface area contributed by atoms with Crippen LogP contribution >= 0.6 is 11.6 Å². The molecule has 0 spiro atoms. The molecule has 4 nitrogen and oxygen atoms in total. The van der Waals surface area contributed by atoms with Crippen LogP contribution in [0.4, 0.5) is 0 Å². The van der Waals surface area contributed by atoms with Gasteiger partial charge < -0.3 is 15.2 Å². The van der Waals surface area contributed by atoms with Crippen molar-refractivity contribution in [2.45, 2.75) is 6.42 Å². The Kier molecular flexibility index (Phi) is 2.28. The number of carbonyl (C=O) groups is 1. The summed E-state index contributed by atoms with van der Waals surface area (Å²) in [5.74, 6) is -0.894. The molecule has 0 radical (unpaired) electrons. The first kappa shape index (κ1) is 9.86. The number of phenols is 1. The largest absolute Gasteiger partial charge is 0.508 e. The molecule has 2 aromatic rings. The van der Waals surface area contributed by atoms with E-state index >= 15 is 0 Å². The van der Waals surface area contributed by atoms with Gasteiger partial charge in [-0.3, -0.25) is 4.79 Å². The number of phenolic OH excluding ortho intramolecular Hbond substituents is 1. The molecule has 0 unspecified atom stereocenters. The zero-order valence-electron chi connectivity index (χ0n) is 7.62. The number of aliphatic carboxylic acids is 1. The predicted octanol–water partition coefficient (Wildman–Crippen LogP) is 2.15. The number of hydrogen-bond acceptors (Lipinski definition) is 2. The van der Waals surface area contributed by atoms with E-state index in [9.17, 15) is 9.90 Å². The fourth-order valence-electron chi connectivity index (χ4n) is 1.54. The average molecular weight is 226 g/mol. The van der Waals surface area contributed by atoms with Crippen molar-refractivity contribution in [1.82, 2.24) is 4.98 Å². The van der Waals surface area contributed by atoms with Gasteiger partial charge >= 0.3 is 5.97 Å². The van der Waals surface area contributed by atoms with Crippen LogP contribution < -0.4 is 0 Å². The number of benzene rings is 1. The number of carboxylic acid groups (broad SMARTS) is 1. The minimum absolute atomic E-state index is 0.0266. The minimum Gasteiger partial charge on any atom is -0.508 e. The van der Waals surface area contributed by atoms with Crippen molar-refractivity contribution in [2.75, 3.05) is 0 Å². The molecular weight excluding hydrogens is 218 g/mol. The average Bonchev–Trinajstić information content (AvgIpc) is 2.48. The van der Waals surface area contributed by atoms with Crippen LogP contribution in [0, 0.1) is 0 Å². The molecule has 15 heavy (non-hydrogen) atoms. The van der Waals surface area contributed by atoms with E-state index in [4.69, 9.17) is 16.7 Å². The molecule has 0 saturated heterocycles. The van der Waals surface area contributed by atoms with Gasteiger partial charge in [0.15, 0.2) is 0 Å². The third-order valence-electron chi connectivity index (χ3n) is 2.15. The van der Waals surface area contributed by atoms with Gasteiger partial charge in [-0.25, -0.2) is 0 Å². The lowest BCUT2D eigenvalue weighted by molar-refractivity contribution is -0.136. The molecule has 1 aromatic carbocycles. The Morgan fingerprint density at radius 1 is 1.47 bits per heavy atom. The lowest BCUT2D eigenvalue weighted by Crippen LogP contribution is -1.98. The standard InChI is InChI=1S/C10H8ClNO3/c11-8-3-6(13)2-7-5(1-9(14)15)4-12-10(7)8/h2-4,12-13H,1H2,(H,14,15). The highest BCUT2D eigenvalue weighted by Crippen LogP contribution is 2.30. The summed E-state index contributed by atoms with van der Waals surface area (Å²) >= 11 is 5.87. The van der Waals surface area contributed by atoms with Gasteiger partial charge in [0.25, 0.3) is 0 Å². The van der Waals surface area contributed by atoms with E-state index < -0.39 is 5.97 Å². The number of halogens is 1. The molecule has 0 atom stereocenters. The summed E-state index contributed by atoms with van der Waals surface area (Å²) < 4.78 is 0. The van der Waals surface area contributed by atoms with E-state index in [1.165, 1.54) is 12.1 Å². The van der Waals surface area contributed by atoms with Crippen molar-refractivity contribution in [3.8, 4) is 5.75 Å². The molecule has 1 heterocycles. The maximum atomic E-state index is 10.6. The molecule has 0 aliphatic rings. The number of rotatable bonds is 2. The summed E-state index contributed by atoms with van der Waals surface area (Å²) in [6.45, 7) is 0. The van der Waals surface area contributed by atoms with Gasteiger partial charge in [0, 0.05) is 17.6 Å². The maximum Gasteiger partial charge on any atom is 0.307 e. The van der Waals surface area contributed by atoms with Crippen molar-refractivity contribution in [3.05, 3.63) is 28.9 Å². The van der Waals surface area contributed by atoms with Crippen LogP contribution in [-0.2, 0) is 11.2 Å². The van der Waals surface area contributed by atoms with Crippen LogP contribution in [0.15, 0.2) is 18.3 Å². The van der Waals surface area contributed by atoms with E-state index in [0.717, 1.165) is 0 Å². The van der Waals surface area contributed by atoms with Crippen molar-refractivity contribution in [1.29, 1.82) is 0 Å². The van der Waals surface area contributed by atoms with Gasteiger partial charge in [-0.2, -0.15) is 0 Å². The molecule has 1 aromatic heterocycles. The van der Waals surface area contributed by atoms with E-state index in [0.29, 0.717) is 21.5 Å². The topological polar surface area (TPSA) is 73.3 Å². The third-order valence-corrected chi connectivity index (χ3v) is 2.45. The number of aromatic nitrogens is 1. The summed E-state index contributed by atoms with van der Waals surface area (Å²) in [5, 5.41) is 19.0. The number of fused-ring (bicyclic) bond motifs is 1. The van der Waals surface area contributed by atoms with Gasteiger partial charge in [0.1, 0.15) is 5.75 Å². The number of nitrogens with one attached hydrogen (secondary N) is 1. The first-order valence-corrected chi connectivity index (χ1v) is 4.66. The van der Waals surface area contributed by atoms with Gasteiger partial charge in [-0.15, -0.1) is 0 Å². The van der Waals surface area contributed by atoms with Crippen LogP contribution in [0.5, 0.6) is 5.75 Å². The Morgan fingerprint density at radius 2 is 2.20 bits per heavy atom. The molecule has 0 bridgehead atoms. The maximum absolute atomic E-state index is 10.6. The Labute approximate surface area is 90.1 Å². The number of carboxylic acids is 1. The molecule has 2 rings (SSSR count). The SMILES string of the molecule is O=C(O)Cc1c[nH]c2c(Cl)cc(O)cc12. The molecular formula is C10H8ClNO3. The molecule has 0 fully saturated rings. The lowest BCUT2D eigenvalue weighted by atomic mass is 10.1. The summed E-state index contributed by atoms with van der Waals surface area (Å²) in [4.78, 5) is 13.5. The molecule has 78 valence electrons. The monoisotopic (exact) mass is 225 g/mol. The molecule has 0 aliphatic heterocycles. The number of aromatic amines is 1. The predicted molar refractivity (Wildman–Crippen MR) is 56.3 cm³/mol. The Hall–Kier alpha value is -1.68. The number of H-pyrrole nitrogens is 1. The van der Waals surface area contributed by atoms with Gasteiger partial charge in [0.2, 0.25) is 0 Å². The van der Waals surface area contributed by atoms with Crippen molar-refractivity contribution < 1.29 is 15.0 Å². The van der Waals surface area contributed by atoms with Crippen molar-refractivity contribution in [2.24, 2.45) is 0 Å². The Bertz CT molecular complexity index is 533. The first-order valence-electron chi connectivity index (χ1n) is 4.28. The second-order valence-corrected chi connectivity index (χ2v) is 3.64. The van der Waals surface area contributed by atoms with Crippen molar-refractivity contribution >= 4 is 28.5 Å². The third kappa shape index (κ3) is 1.76. The summed E-state index contributed by atoms with van der Waals surface area (Å²) in [6, 6.07) is 2.90. The smallest absolute Gasteiger partial charge is 0.307 e. The van der Waals surface area contributed by atoms with E-state index in [-0.39, 0.29) is 12.2 Å². The van der Waals surface area contributed by atoms with E-state index in [2.05, 4.69) is 4.98 Å². The number of aromatic hydroxyl groups is 1. The summed E-state index contributed by atoms with van der Waals surface area (Å²) in [7, 11) is 0. The van der Waals surface area contributed by atoms with Crippen molar-refractivity contribution in [3.63, 3.8) is 0 Å². The number of hydrogen-bond donors (Lipinski definition) is 3.